The van der Waals surface area contributed by atoms with E-state index in [0.29, 0.717) is 0 Å². The zero-order valence-corrected chi connectivity index (χ0v) is 8.35. The predicted octanol–water partition coefficient (Wildman–Crippen LogP) is 2.74. The van der Waals surface area contributed by atoms with E-state index in [0.717, 1.165) is 6.20 Å². The number of rotatable bonds is 2. The molecule has 0 bridgehead atoms. The standard InChI is InChI=1S/C8H6ClF3N2O/c1-2-5(15)4-3-13-7(9)14-6(4)8(10,11)12/h3H,2H2,1H3. The van der Waals surface area contributed by atoms with Crippen molar-refractivity contribution in [2.75, 3.05) is 0 Å². The summed E-state index contributed by atoms with van der Waals surface area (Å²) in [6, 6.07) is 0. The minimum Gasteiger partial charge on any atom is -0.294 e. The Morgan fingerprint density at radius 1 is 1.53 bits per heavy atom. The highest BCUT2D eigenvalue weighted by Crippen LogP contribution is 2.31. The summed E-state index contributed by atoms with van der Waals surface area (Å²) in [7, 11) is 0. The highest BCUT2D eigenvalue weighted by Gasteiger charge is 2.37. The van der Waals surface area contributed by atoms with Gasteiger partial charge >= 0.3 is 6.18 Å². The van der Waals surface area contributed by atoms with Crippen molar-refractivity contribution in [3.05, 3.63) is 22.7 Å². The molecule has 0 aliphatic rings. The van der Waals surface area contributed by atoms with Crippen molar-refractivity contribution in [3.63, 3.8) is 0 Å². The Morgan fingerprint density at radius 3 is 2.60 bits per heavy atom. The van der Waals surface area contributed by atoms with Gasteiger partial charge in [-0.05, 0) is 11.6 Å². The van der Waals surface area contributed by atoms with E-state index < -0.39 is 28.5 Å². The van der Waals surface area contributed by atoms with Crippen molar-refractivity contribution in [1.29, 1.82) is 0 Å². The lowest BCUT2D eigenvalue weighted by Crippen LogP contribution is -2.16. The second-order valence-electron chi connectivity index (χ2n) is 2.68. The van der Waals surface area contributed by atoms with Gasteiger partial charge in [0.1, 0.15) is 0 Å². The molecular weight excluding hydrogens is 233 g/mol. The number of Topliss-reactive ketones (excluding diaryl/α,β-unsaturated/α-hetero) is 1. The number of alkyl halides is 3. The monoisotopic (exact) mass is 238 g/mol. The molecule has 15 heavy (non-hydrogen) atoms. The predicted molar refractivity (Wildman–Crippen MR) is 46.7 cm³/mol. The first-order chi connectivity index (χ1) is 6.86. The van der Waals surface area contributed by atoms with Gasteiger partial charge in [-0.15, -0.1) is 0 Å². The summed E-state index contributed by atoms with van der Waals surface area (Å²) in [5.74, 6) is -0.668. The molecule has 0 unspecified atom stereocenters. The van der Waals surface area contributed by atoms with E-state index in [2.05, 4.69) is 9.97 Å². The average molecular weight is 239 g/mol. The molecule has 0 aromatic carbocycles. The summed E-state index contributed by atoms with van der Waals surface area (Å²) < 4.78 is 37.3. The fourth-order valence-corrected chi connectivity index (χ4v) is 1.10. The third-order valence-electron chi connectivity index (χ3n) is 1.65. The largest absolute Gasteiger partial charge is 0.434 e. The Balaban J connectivity index is 3.33. The van der Waals surface area contributed by atoms with Gasteiger partial charge in [0, 0.05) is 12.6 Å². The first-order valence-electron chi connectivity index (χ1n) is 3.99. The zero-order valence-electron chi connectivity index (χ0n) is 7.60. The van der Waals surface area contributed by atoms with Gasteiger partial charge in [-0.1, -0.05) is 6.92 Å². The Kier molecular flexibility index (Phi) is 3.28. The van der Waals surface area contributed by atoms with Gasteiger partial charge in [0.2, 0.25) is 5.28 Å². The molecule has 0 atom stereocenters. The smallest absolute Gasteiger partial charge is 0.294 e. The van der Waals surface area contributed by atoms with E-state index >= 15 is 0 Å². The average Bonchev–Trinajstić information content (AvgIpc) is 2.15. The molecule has 82 valence electrons. The fourth-order valence-electron chi connectivity index (χ4n) is 0.971. The van der Waals surface area contributed by atoms with Crippen molar-refractivity contribution < 1.29 is 18.0 Å². The molecule has 0 saturated carbocycles. The van der Waals surface area contributed by atoms with E-state index in [9.17, 15) is 18.0 Å². The minimum absolute atomic E-state index is 0.0475. The molecule has 0 aliphatic carbocycles. The third kappa shape index (κ3) is 2.65. The molecular formula is C8H6ClF3N2O. The van der Waals surface area contributed by atoms with Gasteiger partial charge in [-0.25, -0.2) is 9.97 Å². The van der Waals surface area contributed by atoms with Crippen LogP contribution in [0.2, 0.25) is 5.28 Å². The van der Waals surface area contributed by atoms with Crippen LogP contribution in [0.3, 0.4) is 0 Å². The fraction of sp³-hybridized carbons (Fsp3) is 0.375. The Hall–Kier alpha value is -1.17. The second kappa shape index (κ2) is 4.14. The molecule has 0 N–H and O–H groups in total. The van der Waals surface area contributed by atoms with Gasteiger partial charge in [0.05, 0.1) is 5.56 Å². The SMILES string of the molecule is CCC(=O)c1cnc(Cl)nc1C(F)(F)F. The number of halogens is 4. The number of carbonyl (C=O) groups is 1. The second-order valence-corrected chi connectivity index (χ2v) is 3.01. The van der Waals surface area contributed by atoms with E-state index in [1.807, 2.05) is 0 Å². The molecule has 0 fully saturated rings. The molecule has 1 rings (SSSR count). The summed E-state index contributed by atoms with van der Waals surface area (Å²) in [6.07, 6.45) is -3.95. The van der Waals surface area contributed by atoms with Crippen molar-refractivity contribution in [3.8, 4) is 0 Å². The highest BCUT2D eigenvalue weighted by molar-refractivity contribution is 6.28. The lowest BCUT2D eigenvalue weighted by Gasteiger charge is -2.09. The summed E-state index contributed by atoms with van der Waals surface area (Å²) in [5, 5.41) is -0.532. The van der Waals surface area contributed by atoms with Crippen LogP contribution in [0, 0.1) is 0 Å². The molecule has 0 aliphatic heterocycles. The molecule has 1 aromatic heterocycles. The maximum atomic E-state index is 12.4. The van der Waals surface area contributed by atoms with Crippen LogP contribution in [0.4, 0.5) is 13.2 Å². The van der Waals surface area contributed by atoms with Gasteiger partial charge in [-0.3, -0.25) is 4.79 Å². The van der Waals surface area contributed by atoms with Crippen LogP contribution < -0.4 is 0 Å². The first-order valence-corrected chi connectivity index (χ1v) is 4.37. The molecule has 1 aromatic rings. The number of hydrogen-bond acceptors (Lipinski definition) is 3. The Labute approximate surface area is 88.3 Å². The maximum absolute atomic E-state index is 12.4. The Morgan fingerprint density at radius 2 is 2.13 bits per heavy atom. The number of ketones is 1. The van der Waals surface area contributed by atoms with Crippen LogP contribution in [0.25, 0.3) is 0 Å². The van der Waals surface area contributed by atoms with Gasteiger partial charge in [0.25, 0.3) is 0 Å². The quantitative estimate of drug-likeness (QED) is 0.588. The maximum Gasteiger partial charge on any atom is 0.434 e. The van der Waals surface area contributed by atoms with Crippen LogP contribution in [0.5, 0.6) is 0 Å². The number of nitrogens with zero attached hydrogens (tertiary/aromatic N) is 2. The lowest BCUT2D eigenvalue weighted by atomic mass is 10.1. The highest BCUT2D eigenvalue weighted by atomic mass is 35.5. The van der Waals surface area contributed by atoms with Crippen LogP contribution in [-0.2, 0) is 6.18 Å². The number of carbonyl (C=O) groups excluding carboxylic acids is 1. The number of hydrogen-bond donors (Lipinski definition) is 0. The zero-order chi connectivity index (χ0) is 11.6. The first kappa shape index (κ1) is 11.9. The van der Waals surface area contributed by atoms with E-state index in [1.54, 1.807) is 0 Å². The third-order valence-corrected chi connectivity index (χ3v) is 1.83. The van der Waals surface area contributed by atoms with Crippen LogP contribution in [-0.4, -0.2) is 15.8 Å². The van der Waals surface area contributed by atoms with Crippen LogP contribution >= 0.6 is 11.6 Å². The summed E-state index contributed by atoms with van der Waals surface area (Å²) >= 11 is 5.24. The van der Waals surface area contributed by atoms with E-state index in [-0.39, 0.29) is 6.42 Å². The molecule has 0 spiro atoms. The Bertz CT molecular complexity index is 392. The summed E-state index contributed by atoms with van der Waals surface area (Å²) in [5.41, 5.74) is -1.83. The van der Waals surface area contributed by atoms with Gasteiger partial charge < -0.3 is 0 Å². The minimum atomic E-state index is -4.70. The normalized spacial score (nSPS) is 11.5. The van der Waals surface area contributed by atoms with E-state index in [1.165, 1.54) is 6.92 Å². The van der Waals surface area contributed by atoms with Gasteiger partial charge in [0.15, 0.2) is 11.5 Å². The van der Waals surface area contributed by atoms with Crippen molar-refractivity contribution in [2.24, 2.45) is 0 Å². The topological polar surface area (TPSA) is 42.9 Å². The summed E-state index contributed by atoms with van der Waals surface area (Å²) in [4.78, 5) is 17.5. The van der Waals surface area contributed by atoms with E-state index in [4.69, 9.17) is 11.6 Å². The van der Waals surface area contributed by atoms with Crippen LogP contribution in [0.15, 0.2) is 6.20 Å². The van der Waals surface area contributed by atoms with Crippen molar-refractivity contribution >= 4 is 17.4 Å². The van der Waals surface area contributed by atoms with Crippen molar-refractivity contribution in [2.45, 2.75) is 19.5 Å². The lowest BCUT2D eigenvalue weighted by molar-refractivity contribution is -0.141. The molecule has 7 heteroatoms. The number of aromatic nitrogens is 2. The summed E-state index contributed by atoms with van der Waals surface area (Å²) in [6.45, 7) is 1.46. The molecule has 1 heterocycles. The molecule has 3 nitrogen and oxygen atoms in total. The van der Waals surface area contributed by atoms with Crippen molar-refractivity contribution in [1.82, 2.24) is 9.97 Å². The van der Waals surface area contributed by atoms with Gasteiger partial charge in [-0.2, -0.15) is 13.2 Å². The molecule has 0 saturated heterocycles. The molecule has 0 radical (unpaired) electrons. The molecule has 0 amide bonds. The van der Waals surface area contributed by atoms with Crippen LogP contribution in [0.1, 0.15) is 29.4 Å².